The average molecular weight is 550 g/mol. The zero-order chi connectivity index (χ0) is 27.2. The Labute approximate surface area is 216 Å². The number of alkyl halides is 3. The van der Waals surface area contributed by atoms with Crippen LogP contribution in [-0.2, 0) is 21.0 Å². The van der Waals surface area contributed by atoms with E-state index < -0.39 is 27.8 Å². The summed E-state index contributed by atoms with van der Waals surface area (Å²) in [5, 5.41) is 5.31. The van der Waals surface area contributed by atoms with E-state index in [0.717, 1.165) is 25.0 Å². The predicted octanol–water partition coefficient (Wildman–Crippen LogP) is 3.67. The Kier molecular flexibility index (Phi) is 6.59. The molecular weight excluding hydrogens is 526 g/mol. The van der Waals surface area contributed by atoms with Crippen molar-refractivity contribution in [3.63, 3.8) is 0 Å². The molecule has 1 aromatic heterocycles. The first-order valence-corrected chi connectivity index (χ1v) is 13.4. The summed E-state index contributed by atoms with van der Waals surface area (Å²) in [6.07, 6.45) is -3.22. The number of nitrogens with two attached hydrogens (primary N) is 1. The lowest BCUT2D eigenvalue weighted by Gasteiger charge is -2.37. The summed E-state index contributed by atoms with van der Waals surface area (Å²) < 4.78 is 79.7. The summed E-state index contributed by atoms with van der Waals surface area (Å²) >= 11 is 0. The molecule has 0 unspecified atom stereocenters. The van der Waals surface area contributed by atoms with Gasteiger partial charge in [-0.25, -0.2) is 27.9 Å². The average Bonchev–Trinajstić information content (AvgIpc) is 3.73. The molecule has 0 atom stereocenters. The van der Waals surface area contributed by atoms with Crippen LogP contribution in [0.2, 0.25) is 0 Å². The Morgan fingerprint density at radius 2 is 1.61 bits per heavy atom. The van der Waals surface area contributed by atoms with Gasteiger partial charge in [0, 0.05) is 37.7 Å². The lowest BCUT2D eigenvalue weighted by molar-refractivity contribution is -0.144. The fourth-order valence-corrected chi connectivity index (χ4v) is 5.00. The van der Waals surface area contributed by atoms with Crippen molar-refractivity contribution in [2.24, 2.45) is 11.1 Å². The summed E-state index contributed by atoms with van der Waals surface area (Å²) in [5.41, 5.74) is 0.387. The molecule has 2 aromatic carbocycles. The van der Waals surface area contributed by atoms with Crippen molar-refractivity contribution in [2.75, 3.05) is 31.1 Å². The molecular formula is C25H23F4N5O3S. The molecule has 5 rings (SSSR count). The van der Waals surface area contributed by atoms with E-state index in [1.807, 2.05) is 0 Å². The number of benzene rings is 2. The first kappa shape index (κ1) is 26.0. The highest BCUT2D eigenvalue weighted by atomic mass is 32.2. The largest absolute Gasteiger partial charge is 0.451 e. The van der Waals surface area contributed by atoms with Crippen LogP contribution in [0.5, 0.6) is 0 Å². The van der Waals surface area contributed by atoms with Gasteiger partial charge in [-0.15, -0.1) is 0 Å². The molecule has 0 spiro atoms. The van der Waals surface area contributed by atoms with E-state index in [1.54, 1.807) is 9.80 Å². The predicted molar refractivity (Wildman–Crippen MR) is 131 cm³/mol. The van der Waals surface area contributed by atoms with Gasteiger partial charge < -0.3 is 9.80 Å². The maximum atomic E-state index is 14.0. The monoisotopic (exact) mass is 549 g/mol. The Bertz CT molecular complexity index is 1480. The third-order valence-corrected chi connectivity index (χ3v) is 7.44. The number of hydrogen-bond donors (Lipinski definition) is 1. The first-order valence-electron chi connectivity index (χ1n) is 11.8. The van der Waals surface area contributed by atoms with Gasteiger partial charge in [0.2, 0.25) is 21.8 Å². The number of nitrogens with zero attached hydrogens (tertiary/aromatic N) is 4. The lowest BCUT2D eigenvalue weighted by Crippen LogP contribution is -2.49. The number of anilines is 1. The zero-order valence-electron chi connectivity index (χ0n) is 19.9. The van der Waals surface area contributed by atoms with Crippen LogP contribution in [0.4, 0.5) is 23.4 Å². The van der Waals surface area contributed by atoms with Crippen molar-refractivity contribution in [1.82, 2.24) is 14.9 Å². The minimum Gasteiger partial charge on any atom is -0.352 e. The SMILES string of the molecule is NS(=O)(=O)c1cccc(-c2c(-c3ccc(F)cc3)nc(C(F)(F)F)nc2N2CCN(C(=O)C3CC3)CC2)c1. The zero-order valence-corrected chi connectivity index (χ0v) is 20.8. The number of aromatic nitrogens is 2. The third kappa shape index (κ3) is 5.34. The molecule has 13 heteroatoms. The third-order valence-electron chi connectivity index (χ3n) is 6.53. The van der Waals surface area contributed by atoms with Gasteiger partial charge in [-0.2, -0.15) is 13.2 Å². The number of amides is 1. The van der Waals surface area contributed by atoms with Crippen LogP contribution >= 0.6 is 0 Å². The quantitative estimate of drug-likeness (QED) is 0.487. The van der Waals surface area contributed by atoms with E-state index in [1.165, 1.54) is 36.4 Å². The van der Waals surface area contributed by atoms with Gasteiger partial charge in [0.25, 0.3) is 0 Å². The van der Waals surface area contributed by atoms with Crippen LogP contribution in [0.15, 0.2) is 53.4 Å². The summed E-state index contributed by atoms with van der Waals surface area (Å²) in [6, 6.07) is 10.2. The first-order chi connectivity index (χ1) is 17.9. The van der Waals surface area contributed by atoms with Crippen molar-refractivity contribution >= 4 is 21.7 Å². The van der Waals surface area contributed by atoms with Gasteiger partial charge in [-0.1, -0.05) is 12.1 Å². The van der Waals surface area contributed by atoms with E-state index >= 15 is 0 Å². The molecule has 1 amide bonds. The van der Waals surface area contributed by atoms with Gasteiger partial charge in [0.05, 0.1) is 16.2 Å². The summed E-state index contributed by atoms with van der Waals surface area (Å²) in [5.74, 6) is -2.00. The molecule has 2 aliphatic rings. The topological polar surface area (TPSA) is 109 Å². The van der Waals surface area contributed by atoms with Gasteiger partial charge in [0.15, 0.2) is 0 Å². The minimum atomic E-state index is -4.89. The number of rotatable bonds is 5. The number of carbonyl (C=O) groups excluding carboxylic acids is 1. The normalized spacial score (nSPS) is 16.6. The Morgan fingerprint density at radius 3 is 2.18 bits per heavy atom. The molecule has 2 N–H and O–H groups in total. The number of hydrogen-bond acceptors (Lipinski definition) is 6. The number of primary sulfonamides is 1. The fraction of sp³-hybridized carbons (Fsp3) is 0.320. The van der Waals surface area contributed by atoms with Crippen LogP contribution < -0.4 is 10.0 Å². The maximum Gasteiger partial charge on any atom is 0.451 e. The highest BCUT2D eigenvalue weighted by Crippen LogP contribution is 2.41. The summed E-state index contributed by atoms with van der Waals surface area (Å²) in [7, 11) is -4.13. The number of sulfonamides is 1. The maximum absolute atomic E-state index is 14.0. The van der Waals surface area contributed by atoms with E-state index in [9.17, 15) is 30.8 Å². The van der Waals surface area contributed by atoms with Gasteiger partial charge in [0.1, 0.15) is 11.6 Å². The van der Waals surface area contributed by atoms with Crippen molar-refractivity contribution < 1.29 is 30.8 Å². The van der Waals surface area contributed by atoms with Gasteiger partial charge in [-0.05, 0) is 54.8 Å². The van der Waals surface area contributed by atoms with Gasteiger partial charge >= 0.3 is 6.18 Å². The van der Waals surface area contributed by atoms with Crippen molar-refractivity contribution in [1.29, 1.82) is 0 Å². The second kappa shape index (κ2) is 9.62. The molecule has 1 saturated heterocycles. The molecule has 1 saturated carbocycles. The van der Waals surface area contributed by atoms with Crippen molar-refractivity contribution in [3.8, 4) is 22.4 Å². The molecule has 2 fully saturated rings. The minimum absolute atomic E-state index is 0.0130. The molecule has 3 aromatic rings. The van der Waals surface area contributed by atoms with E-state index in [-0.39, 0.29) is 58.0 Å². The molecule has 200 valence electrons. The van der Waals surface area contributed by atoms with Crippen LogP contribution in [0, 0.1) is 11.7 Å². The van der Waals surface area contributed by atoms with Crippen LogP contribution in [0.3, 0.4) is 0 Å². The molecule has 8 nitrogen and oxygen atoms in total. The van der Waals surface area contributed by atoms with Crippen LogP contribution in [-0.4, -0.2) is 55.4 Å². The van der Waals surface area contributed by atoms with Gasteiger partial charge in [-0.3, -0.25) is 4.79 Å². The lowest BCUT2D eigenvalue weighted by atomic mass is 9.98. The highest BCUT2D eigenvalue weighted by molar-refractivity contribution is 7.89. The number of carbonyl (C=O) groups is 1. The second-order valence-electron chi connectivity index (χ2n) is 9.26. The molecule has 1 aliphatic carbocycles. The summed E-state index contributed by atoms with van der Waals surface area (Å²) in [6.45, 7) is 1.00. The number of piperazine rings is 1. The molecule has 1 aliphatic heterocycles. The Balaban J connectivity index is 1.69. The second-order valence-corrected chi connectivity index (χ2v) is 10.8. The Hall–Kier alpha value is -3.58. The van der Waals surface area contributed by atoms with Crippen molar-refractivity contribution in [2.45, 2.75) is 23.9 Å². The van der Waals surface area contributed by atoms with E-state index in [4.69, 9.17) is 5.14 Å². The molecule has 38 heavy (non-hydrogen) atoms. The molecule has 0 radical (unpaired) electrons. The fourth-order valence-electron chi connectivity index (χ4n) is 4.44. The van der Waals surface area contributed by atoms with Crippen molar-refractivity contribution in [3.05, 3.63) is 60.2 Å². The van der Waals surface area contributed by atoms with E-state index in [0.29, 0.717) is 13.1 Å². The standard InChI is InChI=1S/C25H23F4N5O3S/c26-18-8-6-15(7-9-18)21-20(17-2-1-3-19(14-17)38(30,36)37)22(32-24(31-21)25(27,28)29)33-10-12-34(13-11-33)23(35)16-4-5-16/h1-3,6-9,14,16H,4-5,10-13H2,(H2,30,36,37). The van der Waals surface area contributed by atoms with E-state index in [2.05, 4.69) is 9.97 Å². The molecule has 0 bridgehead atoms. The number of halogens is 4. The molecule has 2 heterocycles. The van der Waals surface area contributed by atoms with Crippen LogP contribution in [0.25, 0.3) is 22.4 Å². The Morgan fingerprint density at radius 1 is 0.947 bits per heavy atom. The smallest absolute Gasteiger partial charge is 0.352 e. The highest BCUT2D eigenvalue weighted by Gasteiger charge is 2.39. The van der Waals surface area contributed by atoms with Crippen LogP contribution in [0.1, 0.15) is 18.7 Å². The summed E-state index contributed by atoms with van der Waals surface area (Å²) in [4.78, 5) is 23.3.